The molecule has 20 heavy (non-hydrogen) atoms. The third-order valence-electron chi connectivity index (χ3n) is 3.75. The third-order valence-corrected chi connectivity index (χ3v) is 3.75. The Morgan fingerprint density at radius 1 is 1.35 bits per heavy atom. The molecule has 0 saturated carbocycles. The van der Waals surface area contributed by atoms with E-state index in [1.807, 2.05) is 28.8 Å². The van der Waals surface area contributed by atoms with Crippen molar-refractivity contribution in [2.75, 3.05) is 0 Å². The number of carbonyl (C=O) groups excluding carboxylic acids is 1. The molecule has 6 heteroatoms. The highest BCUT2D eigenvalue weighted by molar-refractivity contribution is 6.03. The Kier molecular flexibility index (Phi) is 2.03. The summed E-state index contributed by atoms with van der Waals surface area (Å²) in [7, 11) is 0. The minimum absolute atomic E-state index is 0.229. The number of hydrogen-bond donors (Lipinski definition) is 0. The van der Waals surface area contributed by atoms with Gasteiger partial charge in [0.2, 0.25) is 5.84 Å². The Bertz CT molecular complexity index is 790. The summed E-state index contributed by atoms with van der Waals surface area (Å²) in [6, 6.07) is 7.57. The lowest BCUT2D eigenvalue weighted by Gasteiger charge is -2.29. The van der Waals surface area contributed by atoms with E-state index in [-0.39, 0.29) is 6.54 Å². The van der Waals surface area contributed by atoms with Gasteiger partial charge >= 0.3 is 0 Å². The van der Waals surface area contributed by atoms with Gasteiger partial charge in [0, 0.05) is 0 Å². The second-order valence-electron chi connectivity index (χ2n) is 4.82. The van der Waals surface area contributed by atoms with Crippen LogP contribution < -0.4 is 5.11 Å². The molecular weight excluding hydrogens is 256 g/mol. The van der Waals surface area contributed by atoms with Gasteiger partial charge in [-0.3, -0.25) is 4.57 Å². The molecule has 98 valence electrons. The smallest absolute Gasteiger partial charge is 0.269 e. The van der Waals surface area contributed by atoms with Crippen molar-refractivity contribution in [2.24, 2.45) is 4.99 Å². The van der Waals surface area contributed by atoms with E-state index >= 15 is 0 Å². The van der Waals surface area contributed by atoms with E-state index in [1.165, 1.54) is 6.20 Å². The van der Waals surface area contributed by atoms with Crippen molar-refractivity contribution in [3.05, 3.63) is 60.4 Å². The molecule has 1 atom stereocenters. The Morgan fingerprint density at radius 3 is 3.05 bits per heavy atom. The van der Waals surface area contributed by atoms with Crippen LogP contribution in [0.2, 0.25) is 0 Å². The molecule has 0 radical (unpaired) electrons. The molecule has 4 rings (SSSR count). The number of carbonyl (C=O) groups is 1. The maximum atomic E-state index is 11.8. The van der Waals surface area contributed by atoms with Gasteiger partial charge in [-0.1, -0.05) is 12.1 Å². The minimum Gasteiger partial charge on any atom is -0.498 e. The highest BCUT2D eigenvalue weighted by atomic mass is 16.4. The van der Waals surface area contributed by atoms with Crippen LogP contribution in [0.15, 0.2) is 54.2 Å². The summed E-state index contributed by atoms with van der Waals surface area (Å²) in [5.41, 5.74) is 2.46. The second kappa shape index (κ2) is 3.64. The monoisotopic (exact) mass is 266 g/mol. The van der Waals surface area contributed by atoms with Gasteiger partial charge in [0.25, 0.3) is 6.09 Å². The van der Waals surface area contributed by atoms with Gasteiger partial charge in [0.05, 0.1) is 35.7 Å². The predicted octanol–water partition coefficient (Wildman–Crippen LogP) is 0.777. The summed E-state index contributed by atoms with van der Waals surface area (Å²) in [6.45, 7) is 0.229. The maximum absolute atomic E-state index is 11.8. The summed E-state index contributed by atoms with van der Waals surface area (Å²) < 4.78 is 1.47. The third kappa shape index (κ3) is 1.23. The average Bonchev–Trinajstić information content (AvgIpc) is 3.05. The van der Waals surface area contributed by atoms with Gasteiger partial charge in [-0.2, -0.15) is 9.48 Å². The number of quaternary nitrogens is 1. The number of aromatic nitrogens is 2. The van der Waals surface area contributed by atoms with Crippen LogP contribution in [0.3, 0.4) is 0 Å². The van der Waals surface area contributed by atoms with Crippen LogP contribution >= 0.6 is 0 Å². The van der Waals surface area contributed by atoms with Crippen molar-refractivity contribution in [3.63, 3.8) is 0 Å². The van der Waals surface area contributed by atoms with Gasteiger partial charge in [-0.15, -0.1) is 0 Å². The molecule has 1 amide bonds. The van der Waals surface area contributed by atoms with Crippen molar-refractivity contribution in [3.8, 4) is 5.69 Å². The molecule has 2 aliphatic rings. The van der Waals surface area contributed by atoms with E-state index in [1.54, 1.807) is 18.7 Å². The van der Waals surface area contributed by atoms with Crippen LogP contribution in [0, 0.1) is 0 Å². The maximum Gasteiger partial charge on any atom is 0.269 e. The van der Waals surface area contributed by atoms with Crippen molar-refractivity contribution >= 4 is 11.9 Å². The number of amides is 1. The molecular formula is C14H10N4O2. The Hall–Kier alpha value is -2.73. The SMILES string of the molecule is O=C([O-])[N+]12C=CN=C1c1ccccc1-n1cncc1C2. The number of fused-ring (bicyclic) bond motifs is 5. The number of rotatable bonds is 0. The summed E-state index contributed by atoms with van der Waals surface area (Å²) >= 11 is 0. The molecule has 1 unspecified atom stereocenters. The number of amidine groups is 1. The zero-order valence-corrected chi connectivity index (χ0v) is 10.4. The van der Waals surface area contributed by atoms with Gasteiger partial charge < -0.3 is 9.90 Å². The number of benzene rings is 1. The largest absolute Gasteiger partial charge is 0.498 e. The van der Waals surface area contributed by atoms with Crippen LogP contribution in [0.5, 0.6) is 0 Å². The predicted molar refractivity (Wildman–Crippen MR) is 68.6 cm³/mol. The fraction of sp³-hybridized carbons (Fsp3) is 0.0714. The Morgan fingerprint density at radius 2 is 2.20 bits per heavy atom. The summed E-state index contributed by atoms with van der Waals surface area (Å²) in [4.78, 5) is 20.1. The Balaban J connectivity index is 2.09. The molecule has 1 aromatic carbocycles. The van der Waals surface area contributed by atoms with Crippen LogP contribution in [0.1, 0.15) is 11.3 Å². The lowest BCUT2D eigenvalue weighted by molar-refractivity contribution is -0.750. The van der Waals surface area contributed by atoms with Crippen LogP contribution in [0.25, 0.3) is 5.69 Å². The Labute approximate surface area is 114 Å². The minimum atomic E-state index is -1.19. The molecule has 6 nitrogen and oxygen atoms in total. The number of para-hydroxylation sites is 1. The first kappa shape index (κ1) is 11.1. The highest BCUT2D eigenvalue weighted by Crippen LogP contribution is 2.32. The van der Waals surface area contributed by atoms with Gasteiger partial charge in [-0.05, 0) is 12.1 Å². The normalized spacial score (nSPS) is 22.5. The zero-order chi connectivity index (χ0) is 13.7. The number of carboxylic acid groups (broad SMARTS) is 1. The summed E-state index contributed by atoms with van der Waals surface area (Å²) in [5.74, 6) is 0.476. The molecule has 3 heterocycles. The van der Waals surface area contributed by atoms with E-state index in [2.05, 4.69) is 9.98 Å². The lowest BCUT2D eigenvalue weighted by Crippen LogP contribution is -2.56. The number of aliphatic imine (C=N–C) groups is 1. The van der Waals surface area contributed by atoms with Crippen molar-refractivity contribution in [1.29, 1.82) is 0 Å². The van der Waals surface area contributed by atoms with Crippen molar-refractivity contribution in [1.82, 2.24) is 9.55 Å². The van der Waals surface area contributed by atoms with Gasteiger partial charge in [0.15, 0.2) is 0 Å². The molecule has 1 aromatic heterocycles. The lowest BCUT2D eigenvalue weighted by atomic mass is 10.1. The van der Waals surface area contributed by atoms with Crippen LogP contribution in [0.4, 0.5) is 4.79 Å². The molecule has 0 spiro atoms. The number of nitrogens with zero attached hydrogens (tertiary/aromatic N) is 4. The second-order valence-corrected chi connectivity index (χ2v) is 4.82. The van der Waals surface area contributed by atoms with Crippen LogP contribution in [-0.4, -0.2) is 26.0 Å². The average molecular weight is 266 g/mol. The standard InChI is InChI=1S/C14H10N4O2/c19-14(20)18-6-5-16-13(18)11-3-1-2-4-12(11)17-9-15-7-10(17)8-18/h1-7,9H,8H2. The highest BCUT2D eigenvalue weighted by Gasteiger charge is 2.43. The van der Waals surface area contributed by atoms with Crippen molar-refractivity contribution in [2.45, 2.75) is 6.54 Å². The molecule has 0 N–H and O–H groups in total. The molecule has 0 aliphatic carbocycles. The summed E-state index contributed by atoms with van der Waals surface area (Å²) in [5, 5.41) is 11.8. The van der Waals surface area contributed by atoms with E-state index in [9.17, 15) is 9.90 Å². The molecule has 2 aromatic rings. The van der Waals surface area contributed by atoms with Gasteiger partial charge in [-0.25, -0.2) is 4.98 Å². The topological polar surface area (TPSA) is 70.3 Å². The summed E-state index contributed by atoms with van der Waals surface area (Å²) in [6.07, 6.45) is 5.24. The number of imidazole rings is 1. The molecule has 0 saturated heterocycles. The molecule has 2 aliphatic heterocycles. The van der Waals surface area contributed by atoms with Crippen molar-refractivity contribution < 1.29 is 14.4 Å². The molecule has 0 fully saturated rings. The van der Waals surface area contributed by atoms with E-state index in [4.69, 9.17) is 0 Å². The van der Waals surface area contributed by atoms with Gasteiger partial charge in [0.1, 0.15) is 12.7 Å². The van der Waals surface area contributed by atoms with E-state index < -0.39 is 10.6 Å². The first-order chi connectivity index (χ1) is 9.72. The van der Waals surface area contributed by atoms with E-state index in [0.29, 0.717) is 5.84 Å². The quantitative estimate of drug-likeness (QED) is 0.661. The van der Waals surface area contributed by atoms with E-state index in [0.717, 1.165) is 16.9 Å². The van der Waals surface area contributed by atoms with Crippen LogP contribution in [-0.2, 0) is 6.54 Å². The number of hydrogen-bond acceptors (Lipinski definition) is 4. The fourth-order valence-electron chi connectivity index (χ4n) is 2.80. The zero-order valence-electron chi connectivity index (χ0n) is 10.4. The molecule has 0 bridgehead atoms. The first-order valence-corrected chi connectivity index (χ1v) is 6.19. The first-order valence-electron chi connectivity index (χ1n) is 6.19. The fourth-order valence-corrected chi connectivity index (χ4v) is 2.80.